The van der Waals surface area contributed by atoms with Crippen molar-refractivity contribution < 1.29 is 21.8 Å². The lowest BCUT2D eigenvalue weighted by atomic mass is 10.1. The molecule has 0 saturated heterocycles. The highest BCUT2D eigenvalue weighted by molar-refractivity contribution is 7.86. The van der Waals surface area contributed by atoms with Gasteiger partial charge in [0.25, 0.3) is 0 Å². The minimum Gasteiger partial charge on any atom is -0.281 e. The van der Waals surface area contributed by atoms with E-state index in [1.54, 1.807) is 18.2 Å². The van der Waals surface area contributed by atoms with Crippen LogP contribution < -0.4 is 0 Å². The minimum absolute atomic E-state index is 0.0950. The number of halogens is 2. The van der Waals surface area contributed by atoms with Gasteiger partial charge in [-0.25, -0.2) is 0 Å². The van der Waals surface area contributed by atoms with Crippen molar-refractivity contribution in [1.29, 1.82) is 0 Å². The highest BCUT2D eigenvalue weighted by Gasteiger charge is 2.46. The van der Waals surface area contributed by atoms with E-state index in [-0.39, 0.29) is 5.39 Å². The van der Waals surface area contributed by atoms with Crippen molar-refractivity contribution in [2.45, 2.75) is 5.25 Å². The maximum atomic E-state index is 13.6. The van der Waals surface area contributed by atoms with Crippen molar-refractivity contribution in [2.24, 2.45) is 0 Å². The first-order chi connectivity index (χ1) is 7.84. The van der Waals surface area contributed by atoms with Gasteiger partial charge in [-0.1, -0.05) is 42.5 Å². The van der Waals surface area contributed by atoms with E-state index in [4.69, 9.17) is 4.55 Å². The minimum atomic E-state index is -5.48. The molecule has 6 heteroatoms. The molecular formula is C11H8F2O3S. The molecule has 1 N–H and O–H groups in total. The van der Waals surface area contributed by atoms with Gasteiger partial charge in [0.05, 0.1) is 0 Å². The van der Waals surface area contributed by atoms with E-state index < -0.39 is 20.9 Å². The van der Waals surface area contributed by atoms with Gasteiger partial charge in [0.1, 0.15) is 0 Å². The molecule has 0 spiro atoms. The van der Waals surface area contributed by atoms with Gasteiger partial charge in [0.15, 0.2) is 0 Å². The van der Waals surface area contributed by atoms with E-state index in [1.807, 2.05) is 0 Å². The quantitative estimate of drug-likeness (QED) is 0.843. The first-order valence-electron chi connectivity index (χ1n) is 4.67. The number of rotatable bonds is 2. The van der Waals surface area contributed by atoms with Crippen LogP contribution in [0.2, 0.25) is 0 Å². The van der Waals surface area contributed by atoms with Gasteiger partial charge in [0, 0.05) is 5.56 Å². The Morgan fingerprint density at radius 2 is 1.59 bits per heavy atom. The number of fused-ring (bicyclic) bond motifs is 1. The van der Waals surface area contributed by atoms with E-state index in [0.29, 0.717) is 5.39 Å². The van der Waals surface area contributed by atoms with E-state index in [9.17, 15) is 17.2 Å². The third kappa shape index (κ3) is 1.89. The Morgan fingerprint density at radius 1 is 1.00 bits per heavy atom. The first-order valence-corrected chi connectivity index (χ1v) is 6.11. The summed E-state index contributed by atoms with van der Waals surface area (Å²) in [6.45, 7) is 0. The van der Waals surface area contributed by atoms with E-state index in [1.165, 1.54) is 18.2 Å². The number of benzene rings is 2. The summed E-state index contributed by atoms with van der Waals surface area (Å²) in [5, 5.41) is -3.74. The normalized spacial score (nSPS) is 12.9. The first kappa shape index (κ1) is 11.9. The van der Waals surface area contributed by atoms with Crippen LogP contribution in [-0.2, 0) is 15.4 Å². The third-order valence-electron chi connectivity index (χ3n) is 2.43. The van der Waals surface area contributed by atoms with Gasteiger partial charge in [-0.3, -0.25) is 4.55 Å². The highest BCUT2D eigenvalue weighted by atomic mass is 32.2. The SMILES string of the molecule is O=S(=O)(O)C(F)(F)c1cccc2ccccc12. The van der Waals surface area contributed by atoms with Crippen molar-refractivity contribution >= 4 is 20.9 Å². The Balaban J connectivity index is 2.81. The summed E-state index contributed by atoms with van der Waals surface area (Å²) in [7, 11) is -5.48. The zero-order valence-corrected chi connectivity index (χ0v) is 9.29. The Kier molecular flexibility index (Phi) is 2.63. The molecule has 90 valence electrons. The summed E-state index contributed by atoms with van der Waals surface area (Å²) in [6.07, 6.45) is 0. The van der Waals surface area contributed by atoms with Crippen LogP contribution in [0, 0.1) is 0 Å². The van der Waals surface area contributed by atoms with Crippen molar-refractivity contribution in [2.75, 3.05) is 0 Å². The average molecular weight is 258 g/mol. The van der Waals surface area contributed by atoms with Crippen LogP contribution in [0.5, 0.6) is 0 Å². The molecule has 0 heterocycles. The summed E-state index contributed by atoms with van der Waals surface area (Å²) < 4.78 is 57.1. The molecule has 2 rings (SSSR count). The topological polar surface area (TPSA) is 54.4 Å². The molecule has 17 heavy (non-hydrogen) atoms. The van der Waals surface area contributed by atoms with Crippen LogP contribution >= 0.6 is 0 Å². The average Bonchev–Trinajstić information content (AvgIpc) is 2.26. The van der Waals surface area contributed by atoms with Crippen LogP contribution in [0.25, 0.3) is 10.8 Å². The zero-order valence-electron chi connectivity index (χ0n) is 8.47. The number of alkyl halides is 2. The molecule has 0 aliphatic rings. The zero-order chi connectivity index (χ0) is 12.7. The summed E-state index contributed by atoms with van der Waals surface area (Å²) in [5.74, 6) is 0. The van der Waals surface area contributed by atoms with Crippen LogP contribution in [0.15, 0.2) is 42.5 Å². The standard InChI is InChI=1S/C11H8F2O3S/c12-11(13,17(14,15)16)10-7-3-5-8-4-1-2-6-9(8)10/h1-7H,(H,14,15,16). The lowest BCUT2D eigenvalue weighted by Gasteiger charge is -2.15. The lowest BCUT2D eigenvalue weighted by molar-refractivity contribution is 0.0806. The van der Waals surface area contributed by atoms with Gasteiger partial charge in [0.2, 0.25) is 0 Å². The summed E-state index contributed by atoms with van der Waals surface area (Å²) in [6, 6.07) is 10.0. The third-order valence-corrected chi connectivity index (χ3v) is 3.30. The van der Waals surface area contributed by atoms with Crippen LogP contribution in [-0.4, -0.2) is 13.0 Å². The molecule has 2 aromatic rings. The van der Waals surface area contributed by atoms with Gasteiger partial charge in [-0.05, 0) is 10.8 Å². The Bertz CT molecular complexity index is 660. The second-order valence-corrected chi connectivity index (χ2v) is 4.98. The second kappa shape index (κ2) is 3.75. The molecule has 0 saturated carbocycles. The Labute approximate surface area is 96.4 Å². The molecule has 2 aromatic carbocycles. The molecule has 0 unspecified atom stereocenters. The van der Waals surface area contributed by atoms with Gasteiger partial charge < -0.3 is 0 Å². The second-order valence-electron chi connectivity index (χ2n) is 3.52. The maximum absolute atomic E-state index is 13.6. The highest BCUT2D eigenvalue weighted by Crippen LogP contribution is 2.37. The molecule has 0 aliphatic heterocycles. The number of hydrogen-bond donors (Lipinski definition) is 1. The monoisotopic (exact) mass is 258 g/mol. The summed E-state index contributed by atoms with van der Waals surface area (Å²) in [4.78, 5) is 0. The molecule has 0 amide bonds. The molecule has 0 aliphatic carbocycles. The fourth-order valence-corrected chi connectivity index (χ4v) is 2.07. The Morgan fingerprint density at radius 3 is 2.24 bits per heavy atom. The van der Waals surface area contributed by atoms with Gasteiger partial charge in [-0.15, -0.1) is 0 Å². The Hall–Kier alpha value is -1.53. The predicted molar refractivity (Wildman–Crippen MR) is 59.4 cm³/mol. The molecular weight excluding hydrogens is 250 g/mol. The van der Waals surface area contributed by atoms with Crippen LogP contribution in [0.4, 0.5) is 8.78 Å². The van der Waals surface area contributed by atoms with Crippen LogP contribution in [0.3, 0.4) is 0 Å². The molecule has 0 aromatic heterocycles. The fourth-order valence-electron chi connectivity index (χ4n) is 1.62. The van der Waals surface area contributed by atoms with E-state index >= 15 is 0 Å². The number of hydrogen-bond acceptors (Lipinski definition) is 2. The van der Waals surface area contributed by atoms with Gasteiger partial charge >= 0.3 is 15.4 Å². The van der Waals surface area contributed by atoms with Crippen molar-refractivity contribution in [3.8, 4) is 0 Å². The van der Waals surface area contributed by atoms with Crippen molar-refractivity contribution in [3.05, 3.63) is 48.0 Å². The van der Waals surface area contributed by atoms with E-state index in [0.717, 1.165) is 6.07 Å². The van der Waals surface area contributed by atoms with Crippen molar-refractivity contribution in [1.82, 2.24) is 0 Å². The molecule has 3 nitrogen and oxygen atoms in total. The summed E-state index contributed by atoms with van der Waals surface area (Å²) >= 11 is 0. The lowest BCUT2D eigenvalue weighted by Crippen LogP contribution is -2.25. The molecule has 0 bridgehead atoms. The molecule has 0 atom stereocenters. The fraction of sp³-hybridized carbons (Fsp3) is 0.0909. The molecule has 0 fully saturated rings. The van der Waals surface area contributed by atoms with Crippen LogP contribution in [0.1, 0.15) is 5.56 Å². The largest absolute Gasteiger partial charge is 0.395 e. The molecule has 0 radical (unpaired) electrons. The smallest absolute Gasteiger partial charge is 0.281 e. The van der Waals surface area contributed by atoms with Crippen molar-refractivity contribution in [3.63, 3.8) is 0 Å². The van der Waals surface area contributed by atoms with Gasteiger partial charge in [-0.2, -0.15) is 17.2 Å². The maximum Gasteiger partial charge on any atom is 0.395 e. The predicted octanol–water partition coefficient (Wildman–Crippen LogP) is 2.78. The summed E-state index contributed by atoms with van der Waals surface area (Å²) in [5.41, 5.74) is -0.724. The van der Waals surface area contributed by atoms with E-state index in [2.05, 4.69) is 0 Å².